The summed E-state index contributed by atoms with van der Waals surface area (Å²) in [5.41, 5.74) is 3.08. The Morgan fingerprint density at radius 3 is 2.78 bits per heavy atom. The molecule has 1 saturated heterocycles. The van der Waals surface area contributed by atoms with E-state index in [1.807, 2.05) is 0 Å². The molecule has 2 heteroatoms. The Hall–Kier alpha value is -0.470. The van der Waals surface area contributed by atoms with Crippen LogP contribution in [0.1, 0.15) is 48.8 Å². The van der Waals surface area contributed by atoms with Crippen LogP contribution in [0.4, 0.5) is 0 Å². The van der Waals surface area contributed by atoms with Crippen molar-refractivity contribution >= 4 is 11.8 Å². The summed E-state index contributed by atoms with van der Waals surface area (Å²) in [6.45, 7) is 0. The molecule has 1 aliphatic carbocycles. The standard InChI is InChI=1S/C16H23NS/c1-17-16(15-8-9-18-11-15)14-7-3-6-13(10-14)12-4-2-5-12/h3,6-7,10,12,15-17H,2,4-5,8-9,11H2,1H3. The molecule has 2 atom stereocenters. The van der Waals surface area contributed by atoms with Gasteiger partial charge in [0.1, 0.15) is 0 Å². The predicted molar refractivity (Wildman–Crippen MR) is 80.3 cm³/mol. The molecule has 18 heavy (non-hydrogen) atoms. The van der Waals surface area contributed by atoms with E-state index in [1.54, 1.807) is 5.56 Å². The molecule has 0 aromatic heterocycles. The van der Waals surface area contributed by atoms with Gasteiger partial charge in [-0.05, 0) is 60.8 Å². The van der Waals surface area contributed by atoms with Crippen molar-refractivity contribution in [2.75, 3.05) is 18.6 Å². The first-order valence-electron chi connectivity index (χ1n) is 7.23. The van der Waals surface area contributed by atoms with Gasteiger partial charge in [0.15, 0.2) is 0 Å². The Kier molecular flexibility index (Phi) is 3.95. The third-order valence-electron chi connectivity index (χ3n) is 4.59. The van der Waals surface area contributed by atoms with E-state index in [9.17, 15) is 0 Å². The molecule has 2 aliphatic rings. The second kappa shape index (κ2) is 5.66. The van der Waals surface area contributed by atoms with Gasteiger partial charge in [-0.15, -0.1) is 0 Å². The lowest BCUT2D eigenvalue weighted by atomic mass is 9.79. The summed E-state index contributed by atoms with van der Waals surface area (Å²) >= 11 is 2.11. The third kappa shape index (κ3) is 2.46. The molecule has 1 aromatic rings. The van der Waals surface area contributed by atoms with Crippen LogP contribution in [0.2, 0.25) is 0 Å². The highest BCUT2D eigenvalue weighted by Crippen LogP contribution is 2.39. The first kappa shape index (κ1) is 12.6. The van der Waals surface area contributed by atoms with Crippen molar-refractivity contribution in [3.63, 3.8) is 0 Å². The molecule has 1 saturated carbocycles. The number of hydrogen-bond acceptors (Lipinski definition) is 2. The smallest absolute Gasteiger partial charge is 0.0354 e. The molecule has 0 radical (unpaired) electrons. The number of rotatable bonds is 4. The number of hydrogen-bond donors (Lipinski definition) is 1. The minimum absolute atomic E-state index is 0.556. The van der Waals surface area contributed by atoms with Crippen molar-refractivity contribution in [2.45, 2.75) is 37.6 Å². The molecular formula is C16H23NS. The van der Waals surface area contributed by atoms with Gasteiger partial charge in [-0.2, -0.15) is 11.8 Å². The molecule has 1 nitrogen and oxygen atoms in total. The van der Waals surface area contributed by atoms with Crippen molar-refractivity contribution in [3.05, 3.63) is 35.4 Å². The van der Waals surface area contributed by atoms with Gasteiger partial charge in [-0.1, -0.05) is 30.7 Å². The number of thioether (sulfide) groups is 1. The molecule has 1 aromatic carbocycles. The van der Waals surface area contributed by atoms with E-state index in [2.05, 4.69) is 48.4 Å². The molecule has 0 amide bonds. The van der Waals surface area contributed by atoms with E-state index in [0.29, 0.717) is 6.04 Å². The lowest BCUT2D eigenvalue weighted by molar-refractivity contribution is 0.409. The van der Waals surface area contributed by atoms with Crippen molar-refractivity contribution in [3.8, 4) is 0 Å². The Labute approximate surface area is 115 Å². The van der Waals surface area contributed by atoms with Crippen LogP contribution in [-0.2, 0) is 0 Å². The molecular weight excluding hydrogens is 238 g/mol. The van der Waals surface area contributed by atoms with Crippen LogP contribution in [0.25, 0.3) is 0 Å². The van der Waals surface area contributed by atoms with Crippen molar-refractivity contribution in [1.82, 2.24) is 5.32 Å². The lowest BCUT2D eigenvalue weighted by Crippen LogP contribution is -2.25. The quantitative estimate of drug-likeness (QED) is 0.880. The fourth-order valence-electron chi connectivity index (χ4n) is 3.24. The molecule has 0 bridgehead atoms. The average Bonchev–Trinajstić information content (AvgIpc) is 2.82. The maximum Gasteiger partial charge on any atom is 0.0354 e. The van der Waals surface area contributed by atoms with E-state index in [0.717, 1.165) is 11.8 Å². The normalized spacial score (nSPS) is 25.9. The molecule has 3 rings (SSSR count). The zero-order valence-corrected chi connectivity index (χ0v) is 12.0. The number of nitrogens with one attached hydrogen (secondary N) is 1. The highest BCUT2D eigenvalue weighted by Gasteiger charge is 2.26. The average molecular weight is 261 g/mol. The van der Waals surface area contributed by atoms with Crippen molar-refractivity contribution < 1.29 is 0 Å². The minimum Gasteiger partial charge on any atom is -0.313 e. The summed E-state index contributed by atoms with van der Waals surface area (Å²) in [7, 11) is 2.11. The Bertz CT molecular complexity index is 394. The Morgan fingerprint density at radius 2 is 2.17 bits per heavy atom. The molecule has 2 fully saturated rings. The van der Waals surface area contributed by atoms with E-state index in [4.69, 9.17) is 0 Å². The van der Waals surface area contributed by atoms with Gasteiger partial charge in [0.2, 0.25) is 0 Å². The van der Waals surface area contributed by atoms with Crippen molar-refractivity contribution in [1.29, 1.82) is 0 Å². The number of benzene rings is 1. The largest absolute Gasteiger partial charge is 0.313 e. The van der Waals surface area contributed by atoms with E-state index in [-0.39, 0.29) is 0 Å². The summed E-state index contributed by atoms with van der Waals surface area (Å²) in [4.78, 5) is 0. The van der Waals surface area contributed by atoms with Gasteiger partial charge in [-0.3, -0.25) is 0 Å². The molecule has 1 aliphatic heterocycles. The van der Waals surface area contributed by atoms with Gasteiger partial charge in [-0.25, -0.2) is 0 Å². The monoisotopic (exact) mass is 261 g/mol. The summed E-state index contributed by atoms with van der Waals surface area (Å²) in [5, 5.41) is 3.55. The van der Waals surface area contributed by atoms with Gasteiger partial charge in [0.05, 0.1) is 0 Å². The summed E-state index contributed by atoms with van der Waals surface area (Å²) < 4.78 is 0. The molecule has 1 heterocycles. The van der Waals surface area contributed by atoms with Crippen LogP contribution in [-0.4, -0.2) is 18.6 Å². The molecule has 98 valence electrons. The first-order chi connectivity index (χ1) is 8.88. The molecule has 1 N–H and O–H groups in total. The van der Waals surface area contributed by atoms with Crippen LogP contribution < -0.4 is 5.32 Å². The highest BCUT2D eigenvalue weighted by molar-refractivity contribution is 7.99. The fraction of sp³-hybridized carbons (Fsp3) is 0.625. The second-order valence-corrected chi connectivity index (χ2v) is 6.84. The van der Waals surface area contributed by atoms with Crippen LogP contribution in [0.3, 0.4) is 0 Å². The Balaban J connectivity index is 1.80. The van der Waals surface area contributed by atoms with E-state index >= 15 is 0 Å². The maximum absolute atomic E-state index is 3.55. The van der Waals surface area contributed by atoms with E-state index in [1.165, 1.54) is 42.8 Å². The topological polar surface area (TPSA) is 12.0 Å². The third-order valence-corrected chi connectivity index (χ3v) is 5.78. The minimum atomic E-state index is 0.556. The van der Waals surface area contributed by atoms with Gasteiger partial charge in [0, 0.05) is 6.04 Å². The molecule has 0 spiro atoms. The zero-order valence-electron chi connectivity index (χ0n) is 11.2. The summed E-state index contributed by atoms with van der Waals surface area (Å²) in [6, 6.07) is 9.92. The molecule has 2 unspecified atom stereocenters. The fourth-order valence-corrected chi connectivity index (χ4v) is 4.54. The first-order valence-corrected chi connectivity index (χ1v) is 8.39. The van der Waals surface area contributed by atoms with Gasteiger partial charge < -0.3 is 5.32 Å². The van der Waals surface area contributed by atoms with Crippen LogP contribution in [0, 0.1) is 5.92 Å². The van der Waals surface area contributed by atoms with Crippen LogP contribution in [0.5, 0.6) is 0 Å². The lowest BCUT2D eigenvalue weighted by Gasteiger charge is -2.28. The van der Waals surface area contributed by atoms with Crippen molar-refractivity contribution in [2.24, 2.45) is 5.92 Å². The van der Waals surface area contributed by atoms with Crippen LogP contribution >= 0.6 is 11.8 Å². The van der Waals surface area contributed by atoms with E-state index < -0.39 is 0 Å². The highest BCUT2D eigenvalue weighted by atomic mass is 32.2. The van der Waals surface area contributed by atoms with Gasteiger partial charge >= 0.3 is 0 Å². The second-order valence-electron chi connectivity index (χ2n) is 5.69. The van der Waals surface area contributed by atoms with Gasteiger partial charge in [0.25, 0.3) is 0 Å². The summed E-state index contributed by atoms with van der Waals surface area (Å²) in [5.74, 6) is 4.32. The SMILES string of the molecule is CNC(c1cccc(C2CCC2)c1)C1CCSC1. The zero-order chi connectivity index (χ0) is 12.4. The maximum atomic E-state index is 3.55. The Morgan fingerprint density at radius 1 is 1.28 bits per heavy atom. The predicted octanol–water partition coefficient (Wildman–Crippen LogP) is 3.97. The summed E-state index contributed by atoms with van der Waals surface area (Å²) in [6.07, 6.45) is 5.58. The van der Waals surface area contributed by atoms with Crippen LogP contribution in [0.15, 0.2) is 24.3 Å².